The molecule has 0 saturated heterocycles. The van der Waals surface area contributed by atoms with Crippen LogP contribution in [0.4, 0.5) is 28.9 Å². The zero-order valence-electron chi connectivity index (χ0n) is 22.1. The van der Waals surface area contributed by atoms with Crippen LogP contribution < -0.4 is 10.6 Å². The lowest BCUT2D eigenvalue weighted by atomic mass is 9.90. The van der Waals surface area contributed by atoms with Crippen LogP contribution in [0, 0.1) is 5.82 Å². The molecule has 11 nitrogen and oxygen atoms in total. The summed E-state index contributed by atoms with van der Waals surface area (Å²) in [6.07, 6.45) is -4.09. The number of alkyl halides is 3. The second-order valence-electron chi connectivity index (χ2n) is 9.47. The van der Waals surface area contributed by atoms with Crippen LogP contribution in [0.25, 0.3) is 5.69 Å². The Balaban J connectivity index is 1.52. The third kappa shape index (κ3) is 5.94. The van der Waals surface area contributed by atoms with Crippen molar-refractivity contribution in [1.29, 1.82) is 0 Å². The molecule has 0 spiro atoms. The number of nitrogens with one attached hydrogen (secondary N) is 2. The van der Waals surface area contributed by atoms with E-state index in [0.29, 0.717) is 0 Å². The maximum absolute atomic E-state index is 14.6. The van der Waals surface area contributed by atoms with E-state index in [1.165, 1.54) is 60.7 Å². The number of carboxylic acid groups (broad SMARTS) is 1. The summed E-state index contributed by atoms with van der Waals surface area (Å²) in [4.78, 5) is 51.4. The summed E-state index contributed by atoms with van der Waals surface area (Å²) in [5, 5.41) is 21.0. The molecule has 1 atom stereocenters. The highest BCUT2D eigenvalue weighted by molar-refractivity contribution is 6.30. The fourth-order valence-electron chi connectivity index (χ4n) is 4.68. The van der Waals surface area contributed by atoms with Crippen LogP contribution in [0.15, 0.2) is 66.9 Å². The van der Waals surface area contributed by atoms with Gasteiger partial charge in [0.05, 0.1) is 16.8 Å². The number of anilines is 2. The van der Waals surface area contributed by atoms with Crippen molar-refractivity contribution < 1.29 is 41.8 Å². The maximum Gasteiger partial charge on any atom is 0.471 e. The number of hydrogen-bond acceptors (Lipinski definition) is 6. The van der Waals surface area contributed by atoms with Crippen molar-refractivity contribution in [1.82, 2.24) is 19.9 Å². The van der Waals surface area contributed by atoms with E-state index in [0.717, 1.165) is 15.8 Å². The van der Waals surface area contributed by atoms with Gasteiger partial charge in [0.25, 0.3) is 11.8 Å². The molecule has 3 N–H and O–H groups in total. The molecule has 3 aromatic carbocycles. The normalized spacial score (nSPS) is 14.5. The lowest BCUT2D eigenvalue weighted by Gasteiger charge is -2.36. The van der Waals surface area contributed by atoms with Gasteiger partial charge in [-0.05, 0) is 60.0 Å². The second kappa shape index (κ2) is 11.8. The first-order valence-electron chi connectivity index (χ1n) is 12.7. The molecule has 226 valence electrons. The van der Waals surface area contributed by atoms with Gasteiger partial charge in [0, 0.05) is 17.9 Å². The van der Waals surface area contributed by atoms with Crippen molar-refractivity contribution in [2.45, 2.75) is 18.6 Å². The van der Waals surface area contributed by atoms with Crippen LogP contribution in [0.5, 0.6) is 0 Å². The molecule has 0 bridgehead atoms. The predicted octanol–water partition coefficient (Wildman–Crippen LogP) is 4.64. The molecule has 0 saturated carbocycles. The van der Waals surface area contributed by atoms with Crippen LogP contribution in [0.1, 0.15) is 38.0 Å². The number of fused-ring (bicyclic) bond motifs is 1. The minimum Gasteiger partial charge on any atom is -0.478 e. The first-order chi connectivity index (χ1) is 20.8. The highest BCUT2D eigenvalue weighted by Gasteiger charge is 2.41. The van der Waals surface area contributed by atoms with Crippen molar-refractivity contribution in [2.24, 2.45) is 0 Å². The van der Waals surface area contributed by atoms with E-state index in [9.17, 15) is 36.7 Å². The standard InChI is InChI=1S/C28H19ClF4N6O5/c29-18-4-2-6-21(22(18)30)39-13-20(36-37-39)25(41)38-12-11-16-17(3-1-5-19(16)35-27(44)28(31,32)33)23(38)24(40)34-15-9-7-14(8-10-15)26(42)43/h1-10,13,23H,11-12H2,(H,34,40)(H,35,44)(H,42,43). The number of carbonyl (C=O) groups excluding carboxylic acids is 3. The second-order valence-corrected chi connectivity index (χ2v) is 9.88. The Morgan fingerprint density at radius 3 is 2.36 bits per heavy atom. The lowest BCUT2D eigenvalue weighted by molar-refractivity contribution is -0.167. The summed E-state index contributed by atoms with van der Waals surface area (Å²) in [6.45, 7) is -0.195. The zero-order valence-corrected chi connectivity index (χ0v) is 22.9. The Kier molecular flexibility index (Phi) is 8.06. The molecule has 44 heavy (non-hydrogen) atoms. The number of aromatic carboxylic acids is 1. The molecule has 5 rings (SSSR count). The SMILES string of the molecule is O=C(O)c1ccc(NC(=O)C2c3cccc(NC(=O)C(F)(F)F)c3CCN2C(=O)c2cn(-c3cccc(Cl)c3F)nn2)cc1. The van der Waals surface area contributed by atoms with Crippen LogP contribution >= 0.6 is 11.6 Å². The Morgan fingerprint density at radius 2 is 1.68 bits per heavy atom. The third-order valence-corrected chi connectivity index (χ3v) is 7.02. The van der Waals surface area contributed by atoms with Gasteiger partial charge in [-0.1, -0.05) is 35.0 Å². The van der Waals surface area contributed by atoms with Crippen LogP contribution in [0.3, 0.4) is 0 Å². The fourth-order valence-corrected chi connectivity index (χ4v) is 4.85. The molecule has 1 aliphatic rings. The van der Waals surface area contributed by atoms with Crippen molar-refractivity contribution in [3.05, 3.63) is 100 Å². The first kappa shape index (κ1) is 30.2. The zero-order chi connectivity index (χ0) is 31.8. The van der Waals surface area contributed by atoms with E-state index in [4.69, 9.17) is 16.7 Å². The summed E-state index contributed by atoms with van der Waals surface area (Å²) in [5.41, 5.74) is -0.133. The number of amides is 3. The van der Waals surface area contributed by atoms with Crippen LogP contribution in [0.2, 0.25) is 5.02 Å². The van der Waals surface area contributed by atoms with Gasteiger partial charge in [0.15, 0.2) is 11.5 Å². The molecule has 2 heterocycles. The first-order valence-corrected chi connectivity index (χ1v) is 13.0. The van der Waals surface area contributed by atoms with Crippen molar-refractivity contribution in [3.63, 3.8) is 0 Å². The largest absolute Gasteiger partial charge is 0.478 e. The van der Waals surface area contributed by atoms with Crippen LogP contribution in [-0.2, 0) is 16.0 Å². The fraction of sp³-hybridized carbons (Fsp3) is 0.143. The quantitative estimate of drug-likeness (QED) is 0.263. The summed E-state index contributed by atoms with van der Waals surface area (Å²) < 4.78 is 54.6. The number of carboxylic acids is 1. The maximum atomic E-state index is 14.6. The van der Waals surface area contributed by atoms with Gasteiger partial charge in [-0.3, -0.25) is 14.4 Å². The minimum atomic E-state index is -5.17. The minimum absolute atomic E-state index is 0.0490. The van der Waals surface area contributed by atoms with Gasteiger partial charge in [-0.2, -0.15) is 13.2 Å². The van der Waals surface area contributed by atoms with E-state index < -0.39 is 41.7 Å². The molecule has 1 aliphatic heterocycles. The highest BCUT2D eigenvalue weighted by Crippen LogP contribution is 2.36. The van der Waals surface area contributed by atoms with E-state index >= 15 is 0 Å². The highest BCUT2D eigenvalue weighted by atomic mass is 35.5. The van der Waals surface area contributed by atoms with Gasteiger partial charge in [0.1, 0.15) is 11.7 Å². The molecule has 1 aromatic heterocycles. The topological polar surface area (TPSA) is 147 Å². The Hall–Kier alpha value is -5.31. The molecule has 0 fully saturated rings. The molecule has 0 radical (unpaired) electrons. The third-order valence-electron chi connectivity index (χ3n) is 6.73. The molecule has 1 unspecified atom stereocenters. The summed E-state index contributed by atoms with van der Waals surface area (Å²) in [6, 6.07) is 11.8. The average molecular weight is 631 g/mol. The van der Waals surface area contributed by atoms with Crippen molar-refractivity contribution in [3.8, 4) is 5.69 Å². The smallest absolute Gasteiger partial charge is 0.471 e. The molecule has 16 heteroatoms. The van der Waals surface area contributed by atoms with Gasteiger partial charge in [-0.25, -0.2) is 13.9 Å². The van der Waals surface area contributed by atoms with E-state index in [1.54, 1.807) is 0 Å². The van der Waals surface area contributed by atoms with E-state index in [-0.39, 0.29) is 57.4 Å². The molecule has 3 amide bonds. The Bertz CT molecular complexity index is 1790. The number of nitrogens with zero attached hydrogens (tertiary/aromatic N) is 4. The van der Waals surface area contributed by atoms with Gasteiger partial charge in [0.2, 0.25) is 0 Å². The number of carbonyl (C=O) groups is 4. The number of aromatic nitrogens is 3. The summed E-state index contributed by atoms with van der Waals surface area (Å²) in [5.74, 6) is -5.83. The molecular formula is C28H19ClF4N6O5. The average Bonchev–Trinajstić information content (AvgIpc) is 3.47. The van der Waals surface area contributed by atoms with Gasteiger partial charge >= 0.3 is 18.1 Å². The molecule has 4 aromatic rings. The lowest BCUT2D eigenvalue weighted by Crippen LogP contribution is -2.45. The number of benzene rings is 3. The number of hydrogen-bond donors (Lipinski definition) is 3. The number of rotatable bonds is 6. The van der Waals surface area contributed by atoms with Gasteiger partial charge in [-0.15, -0.1) is 5.10 Å². The Labute approximate surface area is 250 Å². The van der Waals surface area contributed by atoms with E-state index in [2.05, 4.69) is 15.6 Å². The van der Waals surface area contributed by atoms with Gasteiger partial charge < -0.3 is 20.6 Å². The number of halogens is 5. The predicted molar refractivity (Wildman–Crippen MR) is 147 cm³/mol. The van der Waals surface area contributed by atoms with E-state index in [1.807, 2.05) is 5.32 Å². The van der Waals surface area contributed by atoms with Crippen molar-refractivity contribution in [2.75, 3.05) is 17.2 Å². The van der Waals surface area contributed by atoms with Crippen LogP contribution in [-0.4, -0.2) is 61.4 Å². The summed E-state index contributed by atoms with van der Waals surface area (Å²) >= 11 is 5.84. The van der Waals surface area contributed by atoms with Crippen molar-refractivity contribution >= 4 is 46.7 Å². The monoisotopic (exact) mass is 630 g/mol. The molecule has 0 aliphatic carbocycles. The Morgan fingerprint density at radius 1 is 0.977 bits per heavy atom. The molecular weight excluding hydrogens is 612 g/mol. The summed E-state index contributed by atoms with van der Waals surface area (Å²) in [7, 11) is 0.